The van der Waals surface area contributed by atoms with Gasteiger partial charge in [0, 0.05) is 6.54 Å². The van der Waals surface area contributed by atoms with E-state index in [2.05, 4.69) is 5.10 Å². The molecule has 2 rings (SSSR count). The van der Waals surface area contributed by atoms with Gasteiger partial charge in [-0.25, -0.2) is 4.68 Å². The molecule has 0 saturated heterocycles. The number of aromatic nitrogens is 2. The molecule has 0 spiro atoms. The maximum Gasteiger partial charge on any atom is 0.278 e. The molecule has 100 valence electrons. The van der Waals surface area contributed by atoms with Crippen molar-refractivity contribution in [1.29, 1.82) is 0 Å². The van der Waals surface area contributed by atoms with Crippen molar-refractivity contribution in [2.75, 3.05) is 0 Å². The van der Waals surface area contributed by atoms with Crippen LogP contribution in [0, 0.1) is 13.8 Å². The molecule has 0 saturated carbocycles. The second-order valence-electron chi connectivity index (χ2n) is 4.65. The van der Waals surface area contributed by atoms with E-state index in [1.165, 1.54) is 4.68 Å². The minimum absolute atomic E-state index is 0.0216. The van der Waals surface area contributed by atoms with E-state index in [-0.39, 0.29) is 11.3 Å². The predicted molar refractivity (Wildman–Crippen MR) is 75.4 cm³/mol. The van der Waals surface area contributed by atoms with Crippen LogP contribution in [0.2, 0.25) is 0 Å². The SMILES string of the molecule is CCCn1nc(C)c(O)c(-c2ccccc2C)c1=O. The minimum Gasteiger partial charge on any atom is -0.505 e. The lowest BCUT2D eigenvalue weighted by atomic mass is 10.0. The first-order valence-electron chi connectivity index (χ1n) is 6.43. The van der Waals surface area contributed by atoms with Crippen molar-refractivity contribution in [3.05, 3.63) is 45.9 Å². The van der Waals surface area contributed by atoms with Crippen LogP contribution < -0.4 is 5.56 Å². The maximum atomic E-state index is 12.4. The highest BCUT2D eigenvalue weighted by atomic mass is 16.3. The fourth-order valence-electron chi connectivity index (χ4n) is 2.14. The normalized spacial score (nSPS) is 10.7. The fourth-order valence-corrected chi connectivity index (χ4v) is 2.14. The molecule has 0 unspecified atom stereocenters. The second kappa shape index (κ2) is 5.26. The molecule has 1 heterocycles. The Bertz CT molecular complexity index is 660. The molecular formula is C15H18N2O2. The fraction of sp³-hybridized carbons (Fsp3) is 0.333. The summed E-state index contributed by atoms with van der Waals surface area (Å²) in [7, 11) is 0. The van der Waals surface area contributed by atoms with Gasteiger partial charge in [0.15, 0.2) is 5.75 Å². The number of hydrogen-bond donors (Lipinski definition) is 1. The van der Waals surface area contributed by atoms with Crippen molar-refractivity contribution in [3.8, 4) is 16.9 Å². The highest BCUT2D eigenvalue weighted by Crippen LogP contribution is 2.29. The van der Waals surface area contributed by atoms with Crippen molar-refractivity contribution >= 4 is 0 Å². The highest BCUT2D eigenvalue weighted by Gasteiger charge is 2.17. The van der Waals surface area contributed by atoms with Crippen molar-refractivity contribution in [3.63, 3.8) is 0 Å². The Morgan fingerprint density at radius 1 is 1.26 bits per heavy atom. The van der Waals surface area contributed by atoms with Crippen LogP contribution in [-0.4, -0.2) is 14.9 Å². The lowest BCUT2D eigenvalue weighted by Gasteiger charge is -2.12. The van der Waals surface area contributed by atoms with Crippen molar-refractivity contribution in [2.45, 2.75) is 33.7 Å². The van der Waals surface area contributed by atoms with E-state index in [9.17, 15) is 9.90 Å². The number of aryl methyl sites for hydroxylation is 3. The molecule has 0 fully saturated rings. The van der Waals surface area contributed by atoms with Crippen LogP contribution in [0.1, 0.15) is 24.6 Å². The summed E-state index contributed by atoms with van der Waals surface area (Å²) >= 11 is 0. The molecule has 0 amide bonds. The zero-order valence-corrected chi connectivity index (χ0v) is 11.5. The molecule has 1 N–H and O–H groups in total. The lowest BCUT2D eigenvalue weighted by Crippen LogP contribution is -2.25. The zero-order valence-electron chi connectivity index (χ0n) is 11.5. The summed E-state index contributed by atoms with van der Waals surface area (Å²) < 4.78 is 1.43. The van der Waals surface area contributed by atoms with E-state index in [1.807, 2.05) is 38.1 Å². The van der Waals surface area contributed by atoms with Crippen LogP contribution in [0.3, 0.4) is 0 Å². The molecular weight excluding hydrogens is 240 g/mol. The Morgan fingerprint density at radius 2 is 1.95 bits per heavy atom. The molecule has 0 bridgehead atoms. The molecule has 4 nitrogen and oxygen atoms in total. The third-order valence-corrected chi connectivity index (χ3v) is 3.15. The van der Waals surface area contributed by atoms with E-state index in [4.69, 9.17) is 0 Å². The summed E-state index contributed by atoms with van der Waals surface area (Å²) in [4.78, 5) is 12.4. The van der Waals surface area contributed by atoms with Crippen LogP contribution in [0.5, 0.6) is 5.75 Å². The van der Waals surface area contributed by atoms with Gasteiger partial charge in [-0.2, -0.15) is 5.10 Å². The topological polar surface area (TPSA) is 55.1 Å². The van der Waals surface area contributed by atoms with Gasteiger partial charge in [0.1, 0.15) is 5.69 Å². The molecule has 0 aliphatic rings. The monoisotopic (exact) mass is 258 g/mol. The van der Waals surface area contributed by atoms with Crippen LogP contribution in [-0.2, 0) is 6.54 Å². The van der Waals surface area contributed by atoms with Gasteiger partial charge < -0.3 is 5.11 Å². The van der Waals surface area contributed by atoms with E-state index >= 15 is 0 Å². The molecule has 0 atom stereocenters. The second-order valence-corrected chi connectivity index (χ2v) is 4.65. The molecule has 0 aliphatic heterocycles. The summed E-state index contributed by atoms with van der Waals surface area (Å²) in [5.74, 6) is -0.0216. The van der Waals surface area contributed by atoms with E-state index in [0.29, 0.717) is 17.8 Å². The van der Waals surface area contributed by atoms with Crippen molar-refractivity contribution in [1.82, 2.24) is 9.78 Å². The summed E-state index contributed by atoms with van der Waals surface area (Å²) in [6, 6.07) is 7.55. The average molecular weight is 258 g/mol. The van der Waals surface area contributed by atoms with Gasteiger partial charge in [0.25, 0.3) is 5.56 Å². The van der Waals surface area contributed by atoms with Gasteiger partial charge in [0.2, 0.25) is 0 Å². The number of aromatic hydroxyl groups is 1. The van der Waals surface area contributed by atoms with E-state index < -0.39 is 0 Å². The summed E-state index contributed by atoms with van der Waals surface area (Å²) in [5.41, 5.74) is 2.31. The maximum absolute atomic E-state index is 12.4. The summed E-state index contributed by atoms with van der Waals surface area (Å²) in [5, 5.41) is 14.3. The Hall–Kier alpha value is -2.10. The predicted octanol–water partition coefficient (Wildman–Crippen LogP) is 2.64. The highest BCUT2D eigenvalue weighted by molar-refractivity contribution is 5.72. The van der Waals surface area contributed by atoms with Gasteiger partial charge in [0.05, 0.1) is 5.56 Å². The molecule has 1 aromatic heterocycles. The number of nitrogens with zero attached hydrogens (tertiary/aromatic N) is 2. The largest absolute Gasteiger partial charge is 0.505 e. The van der Waals surface area contributed by atoms with E-state index in [1.54, 1.807) is 6.92 Å². The quantitative estimate of drug-likeness (QED) is 0.920. The summed E-state index contributed by atoms with van der Waals surface area (Å²) in [6.45, 7) is 6.18. The third-order valence-electron chi connectivity index (χ3n) is 3.15. The lowest BCUT2D eigenvalue weighted by molar-refractivity contribution is 0.453. The Kier molecular flexibility index (Phi) is 3.69. The van der Waals surface area contributed by atoms with Gasteiger partial charge in [-0.05, 0) is 31.4 Å². The molecule has 0 aliphatic carbocycles. The average Bonchev–Trinajstić information content (AvgIpc) is 2.38. The van der Waals surface area contributed by atoms with E-state index in [0.717, 1.165) is 17.5 Å². The third kappa shape index (κ3) is 2.38. The van der Waals surface area contributed by atoms with Crippen LogP contribution in [0.25, 0.3) is 11.1 Å². The standard InChI is InChI=1S/C15H18N2O2/c1-4-9-17-15(19)13(14(18)11(3)16-17)12-8-6-5-7-10(12)2/h5-8,18H,4,9H2,1-3H3. The first kappa shape index (κ1) is 13.3. The number of hydrogen-bond acceptors (Lipinski definition) is 3. The molecule has 4 heteroatoms. The van der Waals surface area contributed by atoms with Gasteiger partial charge in [-0.15, -0.1) is 0 Å². The van der Waals surface area contributed by atoms with Crippen LogP contribution in [0.4, 0.5) is 0 Å². The zero-order chi connectivity index (χ0) is 14.0. The Balaban J connectivity index is 2.76. The molecule has 2 aromatic rings. The number of rotatable bonds is 3. The first-order chi connectivity index (χ1) is 9.06. The molecule has 0 radical (unpaired) electrons. The minimum atomic E-state index is -0.237. The van der Waals surface area contributed by atoms with Gasteiger partial charge >= 0.3 is 0 Å². The van der Waals surface area contributed by atoms with Crippen LogP contribution >= 0.6 is 0 Å². The Morgan fingerprint density at radius 3 is 2.58 bits per heavy atom. The van der Waals surface area contributed by atoms with Crippen molar-refractivity contribution in [2.24, 2.45) is 0 Å². The Labute approximate surface area is 112 Å². The van der Waals surface area contributed by atoms with Crippen molar-refractivity contribution < 1.29 is 5.11 Å². The molecule has 1 aromatic carbocycles. The first-order valence-corrected chi connectivity index (χ1v) is 6.43. The summed E-state index contributed by atoms with van der Waals surface area (Å²) in [6.07, 6.45) is 0.824. The van der Waals surface area contributed by atoms with Gasteiger partial charge in [-0.1, -0.05) is 31.2 Å². The van der Waals surface area contributed by atoms with Gasteiger partial charge in [-0.3, -0.25) is 4.79 Å². The smallest absolute Gasteiger partial charge is 0.278 e. The van der Waals surface area contributed by atoms with Crippen LogP contribution in [0.15, 0.2) is 29.1 Å². The number of benzene rings is 1. The molecule has 19 heavy (non-hydrogen) atoms.